The van der Waals surface area contributed by atoms with E-state index < -0.39 is 6.10 Å². The van der Waals surface area contributed by atoms with Gasteiger partial charge in [0.05, 0.1) is 0 Å². The summed E-state index contributed by atoms with van der Waals surface area (Å²) < 4.78 is 16.8. The smallest absolute Gasteiger partial charge is 0.306 e. The third-order valence-corrected chi connectivity index (χ3v) is 12.5. The molecule has 1 atom stereocenters. The van der Waals surface area contributed by atoms with Gasteiger partial charge in [-0.25, -0.2) is 0 Å². The van der Waals surface area contributed by atoms with E-state index in [0.717, 1.165) is 64.2 Å². The first-order valence-electron chi connectivity index (χ1n) is 27.8. The van der Waals surface area contributed by atoms with Gasteiger partial charge in [-0.1, -0.05) is 257 Å². The molecule has 0 radical (unpaired) electrons. The van der Waals surface area contributed by atoms with Crippen molar-refractivity contribution in [2.24, 2.45) is 0 Å². The molecule has 0 aliphatic rings. The maximum Gasteiger partial charge on any atom is 0.306 e. The highest BCUT2D eigenvalue weighted by atomic mass is 16.6. The molecule has 0 saturated heterocycles. The van der Waals surface area contributed by atoms with Crippen LogP contribution in [-0.2, 0) is 28.6 Å². The molecule has 0 amide bonds. The zero-order chi connectivity index (χ0) is 45.8. The van der Waals surface area contributed by atoms with E-state index in [0.29, 0.717) is 19.3 Å². The molecule has 0 aromatic carbocycles. The van der Waals surface area contributed by atoms with Crippen molar-refractivity contribution in [3.05, 3.63) is 24.3 Å². The summed E-state index contributed by atoms with van der Waals surface area (Å²) in [6, 6.07) is 0. The van der Waals surface area contributed by atoms with Crippen molar-refractivity contribution < 1.29 is 28.6 Å². The molecule has 0 N–H and O–H groups in total. The molecule has 0 aromatic heterocycles. The van der Waals surface area contributed by atoms with Gasteiger partial charge in [-0.05, 0) is 51.4 Å². The number of rotatable bonds is 51. The number of esters is 3. The minimum Gasteiger partial charge on any atom is -0.462 e. The molecule has 1 unspecified atom stereocenters. The van der Waals surface area contributed by atoms with Gasteiger partial charge in [0.2, 0.25) is 0 Å². The van der Waals surface area contributed by atoms with Crippen LogP contribution in [0.2, 0.25) is 0 Å². The Morgan fingerprint density at radius 2 is 0.571 bits per heavy atom. The van der Waals surface area contributed by atoms with Gasteiger partial charge < -0.3 is 14.2 Å². The Morgan fingerprint density at radius 3 is 0.873 bits per heavy atom. The molecule has 0 aromatic rings. The average molecular weight is 887 g/mol. The molecule has 6 nitrogen and oxygen atoms in total. The van der Waals surface area contributed by atoms with E-state index in [1.165, 1.54) is 199 Å². The molecule has 0 saturated carbocycles. The van der Waals surface area contributed by atoms with Gasteiger partial charge in [-0.3, -0.25) is 14.4 Å². The summed E-state index contributed by atoms with van der Waals surface area (Å²) in [5, 5.41) is 0. The summed E-state index contributed by atoms with van der Waals surface area (Å²) in [7, 11) is 0. The lowest BCUT2D eigenvalue weighted by Gasteiger charge is -2.18. The normalized spacial score (nSPS) is 12.1. The van der Waals surface area contributed by atoms with Crippen LogP contribution in [0.5, 0.6) is 0 Å². The van der Waals surface area contributed by atoms with Crippen molar-refractivity contribution in [1.29, 1.82) is 0 Å². The Kier molecular flexibility index (Phi) is 50.8. The lowest BCUT2D eigenvalue weighted by Crippen LogP contribution is -2.30. The fraction of sp³-hybridized carbons (Fsp3) is 0.877. The number of carbonyl (C=O) groups excluding carboxylic acids is 3. The molecular weight excluding hydrogens is 781 g/mol. The Balaban J connectivity index is 4.11. The Hall–Kier alpha value is -2.11. The van der Waals surface area contributed by atoms with Crippen molar-refractivity contribution in [2.75, 3.05) is 13.2 Å². The van der Waals surface area contributed by atoms with Crippen LogP contribution < -0.4 is 0 Å². The van der Waals surface area contributed by atoms with Crippen molar-refractivity contribution in [3.63, 3.8) is 0 Å². The SMILES string of the molecule is CCCCCCC/C=C\C/C=C\CCCCCCCCCCCCCCCC(=O)OCC(COC(=O)CCCCCCCCCCC)OC(=O)CCCCCCCCCCCCC. The highest BCUT2D eigenvalue weighted by Crippen LogP contribution is 2.16. The van der Waals surface area contributed by atoms with Crippen LogP contribution in [-0.4, -0.2) is 37.2 Å². The zero-order valence-corrected chi connectivity index (χ0v) is 42.4. The molecule has 0 rings (SSSR count). The fourth-order valence-electron chi connectivity index (χ4n) is 8.24. The summed E-state index contributed by atoms with van der Waals surface area (Å²) in [5.74, 6) is -0.855. The summed E-state index contributed by atoms with van der Waals surface area (Å²) in [4.78, 5) is 37.9. The van der Waals surface area contributed by atoms with Gasteiger partial charge in [0.1, 0.15) is 13.2 Å². The second-order valence-electron chi connectivity index (χ2n) is 18.9. The fourth-order valence-corrected chi connectivity index (χ4v) is 8.24. The molecule has 370 valence electrons. The first kappa shape index (κ1) is 60.9. The Morgan fingerprint density at radius 1 is 0.317 bits per heavy atom. The maximum atomic E-state index is 12.7. The first-order valence-corrected chi connectivity index (χ1v) is 27.8. The highest BCUT2D eigenvalue weighted by Gasteiger charge is 2.19. The number of allylic oxidation sites excluding steroid dienone is 4. The molecule has 0 fully saturated rings. The Labute approximate surface area is 392 Å². The number of hydrogen-bond acceptors (Lipinski definition) is 6. The predicted octanol–water partition coefficient (Wildman–Crippen LogP) is 18.3. The monoisotopic (exact) mass is 887 g/mol. The van der Waals surface area contributed by atoms with Crippen LogP contribution in [0.25, 0.3) is 0 Å². The Bertz CT molecular complexity index is 1020. The van der Waals surface area contributed by atoms with Crippen molar-refractivity contribution in [1.82, 2.24) is 0 Å². The lowest BCUT2D eigenvalue weighted by molar-refractivity contribution is -0.167. The van der Waals surface area contributed by atoms with Gasteiger partial charge in [-0.15, -0.1) is 0 Å². The van der Waals surface area contributed by atoms with Crippen molar-refractivity contribution >= 4 is 17.9 Å². The van der Waals surface area contributed by atoms with Crippen molar-refractivity contribution in [2.45, 2.75) is 309 Å². The largest absolute Gasteiger partial charge is 0.462 e. The van der Waals surface area contributed by atoms with Crippen LogP contribution in [0.3, 0.4) is 0 Å². The number of hydrogen-bond donors (Lipinski definition) is 0. The predicted molar refractivity (Wildman–Crippen MR) is 270 cm³/mol. The molecule has 0 heterocycles. The molecule has 0 spiro atoms. The van der Waals surface area contributed by atoms with Gasteiger partial charge in [0, 0.05) is 19.3 Å². The minimum atomic E-state index is -0.763. The van der Waals surface area contributed by atoms with Gasteiger partial charge >= 0.3 is 17.9 Å². The second-order valence-corrected chi connectivity index (χ2v) is 18.9. The molecular formula is C57H106O6. The lowest BCUT2D eigenvalue weighted by atomic mass is 10.0. The molecule has 0 aliphatic heterocycles. The summed E-state index contributed by atoms with van der Waals surface area (Å²) in [5.41, 5.74) is 0. The van der Waals surface area contributed by atoms with Gasteiger partial charge in [0.15, 0.2) is 6.10 Å². The van der Waals surface area contributed by atoms with Crippen LogP contribution >= 0.6 is 0 Å². The third kappa shape index (κ3) is 50.7. The van der Waals surface area contributed by atoms with E-state index in [1.54, 1.807) is 0 Å². The second kappa shape index (κ2) is 52.5. The van der Waals surface area contributed by atoms with E-state index in [9.17, 15) is 14.4 Å². The topological polar surface area (TPSA) is 78.9 Å². The standard InChI is InChI=1S/C57H106O6/c1-4-7-10-13-16-19-21-22-23-24-25-26-27-28-29-30-31-32-33-34-36-38-41-44-47-50-56(59)62-53-54(52-61-55(58)49-46-43-40-37-18-15-12-9-6-3)63-57(60)51-48-45-42-39-35-20-17-14-11-8-5-2/h21-22,24-25,54H,4-20,23,26-53H2,1-3H3/b22-21-,25-24-. The van der Waals surface area contributed by atoms with E-state index >= 15 is 0 Å². The van der Waals surface area contributed by atoms with E-state index in [1.807, 2.05) is 0 Å². The van der Waals surface area contributed by atoms with Crippen LogP contribution in [0, 0.1) is 0 Å². The van der Waals surface area contributed by atoms with Crippen molar-refractivity contribution in [3.8, 4) is 0 Å². The molecule has 63 heavy (non-hydrogen) atoms. The number of unbranched alkanes of at least 4 members (excludes halogenated alkanes) is 36. The van der Waals surface area contributed by atoms with E-state index in [4.69, 9.17) is 14.2 Å². The number of ether oxygens (including phenoxy) is 3. The summed E-state index contributed by atoms with van der Waals surface area (Å²) in [6.45, 7) is 6.63. The third-order valence-electron chi connectivity index (χ3n) is 12.5. The van der Waals surface area contributed by atoms with Crippen LogP contribution in [0.1, 0.15) is 303 Å². The van der Waals surface area contributed by atoms with Gasteiger partial charge in [-0.2, -0.15) is 0 Å². The number of carbonyl (C=O) groups is 3. The van der Waals surface area contributed by atoms with Gasteiger partial charge in [0.25, 0.3) is 0 Å². The highest BCUT2D eigenvalue weighted by molar-refractivity contribution is 5.71. The summed E-state index contributed by atoms with van der Waals surface area (Å²) >= 11 is 0. The minimum absolute atomic E-state index is 0.0663. The maximum absolute atomic E-state index is 12.7. The summed E-state index contributed by atoms with van der Waals surface area (Å²) in [6.07, 6.45) is 60.4. The first-order chi connectivity index (χ1) is 31.0. The molecule has 6 heteroatoms. The molecule has 0 bridgehead atoms. The van der Waals surface area contributed by atoms with E-state index in [-0.39, 0.29) is 31.1 Å². The quantitative estimate of drug-likeness (QED) is 0.0262. The molecule has 0 aliphatic carbocycles. The van der Waals surface area contributed by atoms with Crippen LogP contribution in [0.15, 0.2) is 24.3 Å². The zero-order valence-electron chi connectivity index (χ0n) is 42.4. The average Bonchev–Trinajstić information content (AvgIpc) is 3.28. The van der Waals surface area contributed by atoms with E-state index in [2.05, 4.69) is 45.1 Å². The van der Waals surface area contributed by atoms with Crippen LogP contribution in [0.4, 0.5) is 0 Å².